The molecule has 0 aromatic carbocycles. The summed E-state index contributed by atoms with van der Waals surface area (Å²) in [4.78, 5) is 9.97. The third kappa shape index (κ3) is 24.8. The largest absolute Gasteiger partial charge is 0.370 e. The summed E-state index contributed by atoms with van der Waals surface area (Å²) >= 11 is 1.63. The zero-order valence-corrected chi connectivity index (χ0v) is 11.9. The minimum atomic E-state index is -0.214. The van der Waals surface area contributed by atoms with Crippen molar-refractivity contribution < 1.29 is 4.79 Å². The van der Waals surface area contributed by atoms with Crippen LogP contribution in [0.4, 0.5) is 0 Å². The lowest BCUT2D eigenvalue weighted by Gasteiger charge is -2.19. The number of hydrogen-bond acceptors (Lipinski definition) is 2. The Hall–Kier alpha value is -0.180. The number of carbonyl (C=O) groups excluding carboxylic acids is 1. The fourth-order valence-corrected chi connectivity index (χ4v) is 1.83. The van der Waals surface area contributed by atoms with Crippen molar-refractivity contribution in [1.29, 1.82) is 0 Å². The van der Waals surface area contributed by atoms with Crippen LogP contribution in [0.5, 0.6) is 0 Å². The molecule has 0 rings (SSSR count). The zero-order valence-electron chi connectivity index (χ0n) is 11.1. The summed E-state index contributed by atoms with van der Waals surface area (Å²) in [5, 5.41) is 0. The summed E-state index contributed by atoms with van der Waals surface area (Å²) in [6.07, 6.45) is 3.77. The SMILES string of the molecule is CC(C)CC(C)(C)C.CSCCC(N)=O. The third-order valence-electron chi connectivity index (χ3n) is 1.57. The van der Waals surface area contributed by atoms with Crippen molar-refractivity contribution in [3.63, 3.8) is 0 Å². The fourth-order valence-electron chi connectivity index (χ4n) is 1.43. The topological polar surface area (TPSA) is 43.1 Å². The van der Waals surface area contributed by atoms with E-state index in [1.54, 1.807) is 11.8 Å². The van der Waals surface area contributed by atoms with Crippen LogP contribution in [0, 0.1) is 11.3 Å². The monoisotopic (exact) mass is 233 g/mol. The minimum Gasteiger partial charge on any atom is -0.370 e. The van der Waals surface area contributed by atoms with Gasteiger partial charge in [-0.2, -0.15) is 11.8 Å². The average molecular weight is 233 g/mol. The van der Waals surface area contributed by atoms with Gasteiger partial charge in [0.15, 0.2) is 0 Å². The van der Waals surface area contributed by atoms with E-state index in [2.05, 4.69) is 34.6 Å². The van der Waals surface area contributed by atoms with E-state index >= 15 is 0 Å². The van der Waals surface area contributed by atoms with Crippen LogP contribution in [0.1, 0.15) is 47.5 Å². The summed E-state index contributed by atoms with van der Waals surface area (Å²) < 4.78 is 0. The second kappa shape index (κ2) is 9.08. The van der Waals surface area contributed by atoms with Gasteiger partial charge in [-0.05, 0) is 24.0 Å². The van der Waals surface area contributed by atoms with E-state index in [0.29, 0.717) is 11.8 Å². The lowest BCUT2D eigenvalue weighted by Crippen LogP contribution is -2.10. The highest BCUT2D eigenvalue weighted by Gasteiger charge is 2.11. The molecule has 0 fully saturated rings. The molecule has 92 valence electrons. The molecule has 0 unspecified atom stereocenters. The van der Waals surface area contributed by atoms with Crippen LogP contribution in [-0.2, 0) is 4.79 Å². The van der Waals surface area contributed by atoms with Crippen molar-refractivity contribution in [3.05, 3.63) is 0 Å². The van der Waals surface area contributed by atoms with Gasteiger partial charge in [0.25, 0.3) is 0 Å². The first-order valence-corrected chi connectivity index (χ1v) is 6.85. The molecular weight excluding hydrogens is 206 g/mol. The molecule has 15 heavy (non-hydrogen) atoms. The molecule has 0 aliphatic carbocycles. The van der Waals surface area contributed by atoms with Crippen LogP contribution >= 0.6 is 11.8 Å². The molecule has 0 heterocycles. The number of hydrogen-bond donors (Lipinski definition) is 1. The van der Waals surface area contributed by atoms with Crippen molar-refractivity contribution in [2.24, 2.45) is 17.1 Å². The Labute approximate surface area is 99.4 Å². The van der Waals surface area contributed by atoms with E-state index in [4.69, 9.17) is 5.73 Å². The number of primary amides is 1. The first-order chi connectivity index (χ1) is 6.69. The minimum absolute atomic E-state index is 0.214. The molecule has 2 nitrogen and oxygen atoms in total. The molecule has 1 amide bonds. The predicted molar refractivity (Wildman–Crippen MR) is 71.1 cm³/mol. The molecule has 0 atom stereocenters. The fraction of sp³-hybridized carbons (Fsp3) is 0.917. The molecule has 0 spiro atoms. The van der Waals surface area contributed by atoms with E-state index in [-0.39, 0.29) is 5.91 Å². The second-order valence-corrected chi connectivity index (χ2v) is 6.35. The summed E-state index contributed by atoms with van der Waals surface area (Å²) in [6, 6.07) is 0. The van der Waals surface area contributed by atoms with E-state index in [1.165, 1.54) is 6.42 Å². The molecule has 0 bridgehead atoms. The van der Waals surface area contributed by atoms with Gasteiger partial charge in [0, 0.05) is 12.2 Å². The Morgan fingerprint density at radius 1 is 1.33 bits per heavy atom. The number of carbonyl (C=O) groups is 1. The lowest BCUT2D eigenvalue weighted by molar-refractivity contribution is -0.117. The van der Waals surface area contributed by atoms with E-state index < -0.39 is 0 Å². The third-order valence-corrected chi connectivity index (χ3v) is 2.19. The maximum absolute atomic E-state index is 9.97. The molecule has 0 saturated carbocycles. The zero-order chi connectivity index (χ0) is 12.5. The van der Waals surface area contributed by atoms with Gasteiger partial charge in [-0.25, -0.2) is 0 Å². The highest BCUT2D eigenvalue weighted by Crippen LogP contribution is 2.23. The average Bonchev–Trinajstić information content (AvgIpc) is 1.96. The van der Waals surface area contributed by atoms with Gasteiger partial charge in [0.05, 0.1) is 0 Å². The summed E-state index contributed by atoms with van der Waals surface area (Å²) in [5.41, 5.74) is 5.35. The molecular formula is C12H27NOS. The van der Waals surface area contributed by atoms with Gasteiger partial charge < -0.3 is 5.73 Å². The van der Waals surface area contributed by atoms with Crippen LogP contribution < -0.4 is 5.73 Å². The van der Waals surface area contributed by atoms with Gasteiger partial charge >= 0.3 is 0 Å². The first kappa shape index (κ1) is 17.2. The van der Waals surface area contributed by atoms with Crippen molar-refractivity contribution in [1.82, 2.24) is 0 Å². The Morgan fingerprint density at radius 2 is 1.80 bits per heavy atom. The van der Waals surface area contributed by atoms with Gasteiger partial charge in [-0.15, -0.1) is 0 Å². The predicted octanol–water partition coefficient (Wildman–Crippen LogP) is 3.30. The maximum Gasteiger partial charge on any atom is 0.218 e. The van der Waals surface area contributed by atoms with Crippen LogP contribution in [0.15, 0.2) is 0 Å². The smallest absolute Gasteiger partial charge is 0.218 e. The number of amides is 1. The molecule has 0 aromatic heterocycles. The van der Waals surface area contributed by atoms with Crippen LogP contribution in [0.3, 0.4) is 0 Å². The van der Waals surface area contributed by atoms with Gasteiger partial charge in [0.1, 0.15) is 0 Å². The van der Waals surface area contributed by atoms with Gasteiger partial charge in [-0.1, -0.05) is 34.6 Å². The van der Waals surface area contributed by atoms with E-state index in [0.717, 1.165) is 11.7 Å². The standard InChI is InChI=1S/C8H18.C4H9NOS/c1-7(2)6-8(3,4)5;1-7-3-2-4(5)6/h7H,6H2,1-5H3;2-3H2,1H3,(H2,5,6). The highest BCUT2D eigenvalue weighted by molar-refractivity contribution is 7.98. The summed E-state index contributed by atoms with van der Waals surface area (Å²) in [6.45, 7) is 11.4. The summed E-state index contributed by atoms with van der Waals surface area (Å²) in [5.74, 6) is 1.47. The molecule has 0 aromatic rings. The van der Waals surface area contributed by atoms with Crippen molar-refractivity contribution in [2.45, 2.75) is 47.5 Å². The van der Waals surface area contributed by atoms with E-state index in [9.17, 15) is 4.79 Å². The van der Waals surface area contributed by atoms with Gasteiger partial charge in [-0.3, -0.25) is 4.79 Å². The van der Waals surface area contributed by atoms with Crippen molar-refractivity contribution in [3.8, 4) is 0 Å². The number of thioether (sulfide) groups is 1. The molecule has 2 N–H and O–H groups in total. The van der Waals surface area contributed by atoms with Crippen LogP contribution in [-0.4, -0.2) is 17.9 Å². The Morgan fingerprint density at radius 3 is 1.87 bits per heavy atom. The number of nitrogens with two attached hydrogens (primary N) is 1. The Kier molecular flexibility index (Phi) is 10.4. The maximum atomic E-state index is 9.97. The second-order valence-electron chi connectivity index (χ2n) is 5.37. The van der Waals surface area contributed by atoms with Crippen molar-refractivity contribution >= 4 is 17.7 Å². The summed E-state index contributed by atoms with van der Waals surface area (Å²) in [7, 11) is 0. The van der Waals surface area contributed by atoms with Crippen LogP contribution in [0.2, 0.25) is 0 Å². The Balaban J connectivity index is 0. The quantitative estimate of drug-likeness (QED) is 0.809. The van der Waals surface area contributed by atoms with Crippen LogP contribution in [0.25, 0.3) is 0 Å². The van der Waals surface area contributed by atoms with E-state index in [1.807, 2.05) is 6.26 Å². The Bertz CT molecular complexity index is 161. The van der Waals surface area contributed by atoms with Crippen molar-refractivity contribution in [2.75, 3.05) is 12.0 Å². The van der Waals surface area contributed by atoms with Gasteiger partial charge in [0.2, 0.25) is 5.91 Å². The number of rotatable bonds is 4. The normalized spacial score (nSPS) is 10.9. The molecule has 0 saturated heterocycles. The molecule has 3 heteroatoms. The highest BCUT2D eigenvalue weighted by atomic mass is 32.2. The molecule has 0 radical (unpaired) electrons. The molecule has 0 aliphatic rings. The molecule has 0 aliphatic heterocycles. The first-order valence-electron chi connectivity index (χ1n) is 5.46. The lowest BCUT2D eigenvalue weighted by atomic mass is 9.86.